The first-order valence-electron chi connectivity index (χ1n) is 4.12. The number of rotatable bonds is 3. The Morgan fingerprint density at radius 3 is 2.71 bits per heavy atom. The van der Waals surface area contributed by atoms with Gasteiger partial charge in [-0.15, -0.1) is 0 Å². The van der Waals surface area contributed by atoms with Crippen LogP contribution in [0.4, 0.5) is 0 Å². The summed E-state index contributed by atoms with van der Waals surface area (Å²) in [6, 6.07) is 5.03. The molecule has 76 valence electrons. The lowest BCUT2D eigenvalue weighted by molar-refractivity contribution is 0.425. The van der Waals surface area contributed by atoms with Crippen LogP contribution in [0, 0.1) is 0 Å². The van der Waals surface area contributed by atoms with Crippen molar-refractivity contribution in [3.8, 4) is 0 Å². The van der Waals surface area contributed by atoms with Crippen molar-refractivity contribution >= 4 is 34.0 Å². The Morgan fingerprint density at radius 2 is 2.14 bits per heavy atom. The number of benzene rings is 1. The Morgan fingerprint density at radius 1 is 1.43 bits per heavy atom. The third kappa shape index (κ3) is 2.48. The molecule has 0 spiro atoms. The lowest BCUT2D eigenvalue weighted by Crippen LogP contribution is -2.04. The first-order valence-corrected chi connectivity index (χ1v) is 6.19. The van der Waals surface area contributed by atoms with Crippen molar-refractivity contribution in [2.24, 2.45) is 0 Å². The van der Waals surface area contributed by atoms with E-state index in [1.54, 1.807) is 18.2 Å². The quantitative estimate of drug-likeness (QED) is 0.772. The van der Waals surface area contributed by atoms with Crippen molar-refractivity contribution in [2.75, 3.05) is 12.4 Å². The van der Waals surface area contributed by atoms with Crippen LogP contribution in [0.5, 0.6) is 0 Å². The maximum atomic E-state index is 11.7. The molecule has 1 heterocycles. The Bertz CT molecular complexity index is 377. The molecule has 1 aromatic carbocycles. The second kappa shape index (κ2) is 4.19. The molecule has 2 atom stereocenters. The van der Waals surface area contributed by atoms with Crippen LogP contribution in [0.15, 0.2) is 23.1 Å². The minimum Gasteiger partial charge on any atom is -0.372 e. The maximum absolute atomic E-state index is 11.7. The van der Waals surface area contributed by atoms with Crippen molar-refractivity contribution in [3.05, 3.63) is 28.2 Å². The van der Waals surface area contributed by atoms with Crippen LogP contribution >= 0.6 is 23.2 Å². The Kier molecular flexibility index (Phi) is 3.12. The SMILES string of the molecule is O=S(CC1CO1)c1ccc(Cl)c(Cl)c1. The third-order valence-corrected chi connectivity index (χ3v) is 4.09. The minimum absolute atomic E-state index is 0.158. The highest BCUT2D eigenvalue weighted by Gasteiger charge is 2.25. The molecule has 5 heteroatoms. The molecular formula is C9H8Cl2O2S. The molecule has 0 amide bonds. The lowest BCUT2D eigenvalue weighted by Gasteiger charge is -2.01. The van der Waals surface area contributed by atoms with Crippen LogP contribution in [0.25, 0.3) is 0 Å². The Hall–Kier alpha value is -0.0900. The molecule has 1 aromatic rings. The van der Waals surface area contributed by atoms with Crippen LogP contribution < -0.4 is 0 Å². The predicted octanol–water partition coefficient (Wildman–Crippen LogP) is 2.50. The largest absolute Gasteiger partial charge is 0.372 e. The van der Waals surface area contributed by atoms with Gasteiger partial charge in [-0.25, -0.2) is 0 Å². The molecule has 2 rings (SSSR count). The van der Waals surface area contributed by atoms with Gasteiger partial charge in [0.05, 0.1) is 39.3 Å². The molecule has 0 bridgehead atoms. The number of hydrogen-bond acceptors (Lipinski definition) is 2. The molecule has 0 N–H and O–H groups in total. The fourth-order valence-corrected chi connectivity index (χ4v) is 2.60. The first kappa shape index (κ1) is 10.4. The average Bonchev–Trinajstić information content (AvgIpc) is 2.93. The van der Waals surface area contributed by atoms with Crippen molar-refractivity contribution in [1.29, 1.82) is 0 Å². The van der Waals surface area contributed by atoms with E-state index in [2.05, 4.69) is 0 Å². The molecule has 1 aliphatic rings. The van der Waals surface area contributed by atoms with E-state index in [0.717, 1.165) is 0 Å². The van der Waals surface area contributed by atoms with E-state index in [1.807, 2.05) is 0 Å². The van der Waals surface area contributed by atoms with Gasteiger partial charge in [-0.2, -0.15) is 0 Å². The van der Waals surface area contributed by atoms with Gasteiger partial charge >= 0.3 is 0 Å². The summed E-state index contributed by atoms with van der Waals surface area (Å²) < 4.78 is 16.7. The van der Waals surface area contributed by atoms with E-state index < -0.39 is 10.8 Å². The van der Waals surface area contributed by atoms with Gasteiger partial charge in [0.2, 0.25) is 0 Å². The molecule has 0 radical (unpaired) electrons. The first-order chi connectivity index (χ1) is 6.66. The summed E-state index contributed by atoms with van der Waals surface area (Å²) in [6.45, 7) is 0.715. The predicted molar refractivity (Wildman–Crippen MR) is 57.5 cm³/mol. The molecule has 2 unspecified atom stereocenters. The third-order valence-electron chi connectivity index (χ3n) is 1.89. The summed E-state index contributed by atoms with van der Waals surface area (Å²) in [4.78, 5) is 0.704. The molecule has 14 heavy (non-hydrogen) atoms. The van der Waals surface area contributed by atoms with Crippen LogP contribution in [-0.2, 0) is 15.5 Å². The minimum atomic E-state index is -1.04. The monoisotopic (exact) mass is 250 g/mol. The Labute approximate surface area is 94.6 Å². The van der Waals surface area contributed by atoms with Crippen molar-refractivity contribution in [3.63, 3.8) is 0 Å². The summed E-state index contributed by atoms with van der Waals surface area (Å²) >= 11 is 11.6. The lowest BCUT2D eigenvalue weighted by atomic mass is 10.4. The highest BCUT2D eigenvalue weighted by atomic mass is 35.5. The zero-order valence-electron chi connectivity index (χ0n) is 7.20. The van der Waals surface area contributed by atoms with Gasteiger partial charge in [0.15, 0.2) is 0 Å². The Balaban J connectivity index is 2.14. The maximum Gasteiger partial charge on any atom is 0.0928 e. The standard InChI is InChI=1S/C9H8Cl2O2S/c10-8-2-1-7(3-9(8)11)14(12)5-6-4-13-6/h1-3,6H,4-5H2. The number of epoxide rings is 1. The summed E-state index contributed by atoms with van der Waals surface area (Å²) in [5.74, 6) is 0.540. The molecule has 1 saturated heterocycles. The van der Waals surface area contributed by atoms with Crippen LogP contribution in [0.1, 0.15) is 0 Å². The molecule has 0 aromatic heterocycles. The average molecular weight is 251 g/mol. The molecule has 0 saturated carbocycles. The second-order valence-corrected chi connectivity index (χ2v) is 5.35. The molecule has 1 fully saturated rings. The number of ether oxygens (including phenoxy) is 1. The van der Waals surface area contributed by atoms with E-state index >= 15 is 0 Å². The topological polar surface area (TPSA) is 29.6 Å². The summed E-state index contributed by atoms with van der Waals surface area (Å²) in [7, 11) is -1.04. The molecular weight excluding hydrogens is 243 g/mol. The summed E-state index contributed by atoms with van der Waals surface area (Å²) in [5.41, 5.74) is 0. The van der Waals surface area contributed by atoms with Crippen LogP contribution in [0.3, 0.4) is 0 Å². The fourth-order valence-electron chi connectivity index (χ4n) is 1.05. The van der Waals surface area contributed by atoms with Gasteiger partial charge in [0, 0.05) is 4.90 Å². The van der Waals surface area contributed by atoms with Crippen molar-refractivity contribution in [2.45, 2.75) is 11.0 Å². The smallest absolute Gasteiger partial charge is 0.0928 e. The van der Waals surface area contributed by atoms with Gasteiger partial charge in [-0.1, -0.05) is 23.2 Å². The van der Waals surface area contributed by atoms with E-state index in [0.29, 0.717) is 27.3 Å². The second-order valence-electron chi connectivity index (χ2n) is 3.04. The summed E-state index contributed by atoms with van der Waals surface area (Å²) in [6.07, 6.45) is 0.158. The van der Waals surface area contributed by atoms with Crippen LogP contribution in [-0.4, -0.2) is 22.7 Å². The zero-order valence-corrected chi connectivity index (χ0v) is 9.53. The van der Waals surface area contributed by atoms with E-state index in [-0.39, 0.29) is 6.10 Å². The fraction of sp³-hybridized carbons (Fsp3) is 0.333. The van der Waals surface area contributed by atoms with Gasteiger partial charge in [-0.3, -0.25) is 4.21 Å². The molecule has 0 aliphatic carbocycles. The van der Waals surface area contributed by atoms with Crippen LogP contribution in [0.2, 0.25) is 10.0 Å². The van der Waals surface area contributed by atoms with Gasteiger partial charge in [0.25, 0.3) is 0 Å². The molecule has 1 aliphatic heterocycles. The zero-order chi connectivity index (χ0) is 10.1. The van der Waals surface area contributed by atoms with E-state index in [9.17, 15) is 4.21 Å². The van der Waals surface area contributed by atoms with E-state index in [4.69, 9.17) is 27.9 Å². The highest BCUT2D eigenvalue weighted by Crippen LogP contribution is 2.25. The molecule has 2 nitrogen and oxygen atoms in total. The van der Waals surface area contributed by atoms with Gasteiger partial charge in [-0.05, 0) is 18.2 Å². The van der Waals surface area contributed by atoms with Gasteiger partial charge < -0.3 is 4.74 Å². The highest BCUT2D eigenvalue weighted by molar-refractivity contribution is 7.85. The van der Waals surface area contributed by atoms with E-state index in [1.165, 1.54) is 0 Å². The summed E-state index contributed by atoms with van der Waals surface area (Å²) in [5, 5.41) is 0.921. The number of halogens is 2. The number of hydrogen-bond donors (Lipinski definition) is 0. The normalized spacial score (nSPS) is 22.0. The van der Waals surface area contributed by atoms with Gasteiger partial charge in [0.1, 0.15) is 0 Å². The van der Waals surface area contributed by atoms with Crippen molar-refractivity contribution < 1.29 is 8.95 Å². The van der Waals surface area contributed by atoms with Crippen molar-refractivity contribution in [1.82, 2.24) is 0 Å².